The van der Waals surface area contributed by atoms with Gasteiger partial charge in [0.25, 0.3) is 5.91 Å². The molecule has 1 amide bonds. The second-order valence-corrected chi connectivity index (χ2v) is 5.54. The lowest BCUT2D eigenvalue weighted by molar-refractivity contribution is 0.0955. The van der Waals surface area contributed by atoms with E-state index in [1.807, 2.05) is 42.5 Å². The molecule has 0 aliphatic carbocycles. The maximum absolute atomic E-state index is 12.2. The number of rotatable bonds is 5. The highest BCUT2D eigenvalue weighted by molar-refractivity contribution is 5.95. The fraction of sp³-hybridized carbons (Fsp3) is 0.0476. The van der Waals surface area contributed by atoms with Gasteiger partial charge >= 0.3 is 0 Å². The first-order valence-corrected chi connectivity index (χ1v) is 8.04. The summed E-state index contributed by atoms with van der Waals surface area (Å²) in [6, 6.07) is 22.2. The molecule has 0 heterocycles. The molecule has 0 unspecified atom stereocenters. The van der Waals surface area contributed by atoms with Crippen molar-refractivity contribution in [1.82, 2.24) is 5.43 Å². The number of hydrogen-bond acceptors (Lipinski definition) is 4. The number of carbonyl (C=O) groups excluding carboxylic acids is 1. The Morgan fingerprint density at radius 2 is 1.65 bits per heavy atom. The molecule has 0 aliphatic rings. The maximum atomic E-state index is 12.2. The van der Waals surface area contributed by atoms with Gasteiger partial charge in [-0.05, 0) is 35.4 Å². The molecule has 0 fully saturated rings. The van der Waals surface area contributed by atoms with E-state index in [1.165, 1.54) is 13.3 Å². The molecule has 0 aromatic heterocycles. The average molecular weight is 346 g/mol. The number of hydrogen-bond donors (Lipinski definition) is 2. The van der Waals surface area contributed by atoms with E-state index in [-0.39, 0.29) is 11.7 Å². The Morgan fingerprint density at radius 1 is 0.962 bits per heavy atom. The van der Waals surface area contributed by atoms with E-state index in [2.05, 4.69) is 10.5 Å². The van der Waals surface area contributed by atoms with Crippen molar-refractivity contribution in [3.8, 4) is 22.6 Å². The fourth-order valence-corrected chi connectivity index (χ4v) is 2.48. The third kappa shape index (κ3) is 3.89. The molecule has 5 nitrogen and oxygen atoms in total. The molecular formula is C21H18N2O3. The zero-order valence-electron chi connectivity index (χ0n) is 14.2. The normalized spacial score (nSPS) is 10.7. The number of ether oxygens (including phenoxy) is 1. The van der Waals surface area contributed by atoms with Gasteiger partial charge in [0.05, 0.1) is 13.3 Å². The van der Waals surface area contributed by atoms with Crippen LogP contribution in [0.2, 0.25) is 0 Å². The van der Waals surface area contributed by atoms with Gasteiger partial charge in [0.2, 0.25) is 0 Å². The van der Waals surface area contributed by atoms with Crippen LogP contribution in [0.4, 0.5) is 0 Å². The van der Waals surface area contributed by atoms with Gasteiger partial charge in [-0.1, -0.05) is 48.5 Å². The smallest absolute Gasteiger partial charge is 0.271 e. The minimum Gasteiger partial charge on any atom is -0.504 e. The highest BCUT2D eigenvalue weighted by Gasteiger charge is 2.07. The Morgan fingerprint density at radius 3 is 2.35 bits per heavy atom. The molecule has 0 bridgehead atoms. The number of amides is 1. The van der Waals surface area contributed by atoms with Crippen LogP contribution in [-0.2, 0) is 0 Å². The molecule has 0 saturated heterocycles. The van der Waals surface area contributed by atoms with E-state index in [9.17, 15) is 9.90 Å². The Labute approximate surface area is 151 Å². The summed E-state index contributed by atoms with van der Waals surface area (Å²) in [6.07, 6.45) is 1.37. The predicted molar refractivity (Wildman–Crippen MR) is 102 cm³/mol. The molecule has 3 rings (SSSR count). The van der Waals surface area contributed by atoms with Gasteiger partial charge in [0.1, 0.15) is 0 Å². The monoisotopic (exact) mass is 346 g/mol. The number of phenols is 1. The second-order valence-electron chi connectivity index (χ2n) is 5.54. The molecule has 5 heteroatoms. The summed E-state index contributed by atoms with van der Waals surface area (Å²) >= 11 is 0. The van der Waals surface area contributed by atoms with Crippen molar-refractivity contribution in [2.45, 2.75) is 0 Å². The van der Waals surface area contributed by atoms with Gasteiger partial charge in [-0.25, -0.2) is 5.43 Å². The van der Waals surface area contributed by atoms with E-state index in [1.54, 1.807) is 30.3 Å². The first-order valence-electron chi connectivity index (χ1n) is 8.04. The van der Waals surface area contributed by atoms with Crippen LogP contribution in [0.5, 0.6) is 11.5 Å². The van der Waals surface area contributed by atoms with Gasteiger partial charge in [-0.3, -0.25) is 4.79 Å². The van der Waals surface area contributed by atoms with Crippen LogP contribution in [0.3, 0.4) is 0 Å². The van der Waals surface area contributed by atoms with Crippen molar-refractivity contribution >= 4 is 12.1 Å². The number of benzene rings is 3. The van der Waals surface area contributed by atoms with Crippen molar-refractivity contribution < 1.29 is 14.6 Å². The molecule has 26 heavy (non-hydrogen) atoms. The first kappa shape index (κ1) is 17.2. The zero-order valence-corrected chi connectivity index (χ0v) is 14.2. The van der Waals surface area contributed by atoms with E-state index in [0.29, 0.717) is 16.9 Å². The standard InChI is InChI=1S/C21H18N2O3/c1-26-19-9-5-8-18(20(19)24)14-22-23-21(25)17-12-10-16(11-13-17)15-6-3-2-4-7-15/h2-14,24H,1H3,(H,23,25). The SMILES string of the molecule is COc1cccc(C=NNC(=O)c2ccc(-c3ccccc3)cc2)c1O. The van der Waals surface area contributed by atoms with Gasteiger partial charge in [0, 0.05) is 11.1 Å². The predicted octanol–water partition coefficient (Wildman–Crippen LogP) is 3.83. The number of phenolic OH excluding ortho intramolecular Hbond substituents is 1. The van der Waals surface area contributed by atoms with Gasteiger partial charge < -0.3 is 9.84 Å². The van der Waals surface area contributed by atoms with Crippen LogP contribution in [0.25, 0.3) is 11.1 Å². The molecular weight excluding hydrogens is 328 g/mol. The molecule has 0 radical (unpaired) electrons. The molecule has 2 N–H and O–H groups in total. The molecule has 0 atom stereocenters. The van der Waals surface area contributed by atoms with Crippen LogP contribution in [0, 0.1) is 0 Å². The summed E-state index contributed by atoms with van der Waals surface area (Å²) in [5.41, 5.74) is 5.52. The zero-order chi connectivity index (χ0) is 18.4. The Hall–Kier alpha value is -3.60. The lowest BCUT2D eigenvalue weighted by Crippen LogP contribution is -2.17. The second kappa shape index (κ2) is 7.98. The highest BCUT2D eigenvalue weighted by Crippen LogP contribution is 2.27. The Balaban J connectivity index is 1.67. The number of aromatic hydroxyl groups is 1. The van der Waals surface area contributed by atoms with Crippen LogP contribution >= 0.6 is 0 Å². The van der Waals surface area contributed by atoms with Gasteiger partial charge in [0.15, 0.2) is 11.5 Å². The number of nitrogens with zero attached hydrogens (tertiary/aromatic N) is 1. The molecule has 130 valence electrons. The summed E-state index contributed by atoms with van der Waals surface area (Å²) < 4.78 is 5.03. The van der Waals surface area contributed by atoms with Crippen LogP contribution < -0.4 is 10.2 Å². The van der Waals surface area contributed by atoms with Crippen molar-refractivity contribution in [1.29, 1.82) is 0 Å². The van der Waals surface area contributed by atoms with Crippen LogP contribution in [-0.4, -0.2) is 24.3 Å². The van der Waals surface area contributed by atoms with E-state index < -0.39 is 0 Å². The largest absolute Gasteiger partial charge is 0.504 e. The van der Waals surface area contributed by atoms with Crippen molar-refractivity contribution in [2.75, 3.05) is 7.11 Å². The minimum absolute atomic E-state index is 0.0276. The molecule has 0 aliphatic heterocycles. The van der Waals surface area contributed by atoms with Gasteiger partial charge in [-0.2, -0.15) is 5.10 Å². The quantitative estimate of drug-likeness (QED) is 0.545. The number of para-hydroxylation sites is 1. The van der Waals surface area contributed by atoms with Crippen molar-refractivity contribution in [2.24, 2.45) is 5.10 Å². The van der Waals surface area contributed by atoms with Crippen molar-refractivity contribution in [3.05, 3.63) is 83.9 Å². The van der Waals surface area contributed by atoms with E-state index in [4.69, 9.17) is 4.74 Å². The van der Waals surface area contributed by atoms with Crippen LogP contribution in [0.1, 0.15) is 15.9 Å². The Bertz CT molecular complexity index is 920. The Kier molecular flexibility index (Phi) is 5.29. The number of nitrogens with one attached hydrogen (secondary N) is 1. The van der Waals surface area contributed by atoms with E-state index in [0.717, 1.165) is 11.1 Å². The molecule has 0 saturated carbocycles. The van der Waals surface area contributed by atoms with E-state index >= 15 is 0 Å². The average Bonchev–Trinajstić information content (AvgIpc) is 2.70. The topological polar surface area (TPSA) is 70.9 Å². The highest BCUT2D eigenvalue weighted by atomic mass is 16.5. The summed E-state index contributed by atoms with van der Waals surface area (Å²) in [5, 5.41) is 13.9. The third-order valence-electron chi connectivity index (χ3n) is 3.87. The number of hydrazone groups is 1. The number of carbonyl (C=O) groups is 1. The third-order valence-corrected chi connectivity index (χ3v) is 3.87. The number of methoxy groups -OCH3 is 1. The minimum atomic E-state index is -0.330. The molecule has 0 spiro atoms. The summed E-state index contributed by atoms with van der Waals surface area (Å²) in [4.78, 5) is 12.2. The lowest BCUT2D eigenvalue weighted by atomic mass is 10.0. The molecule has 3 aromatic carbocycles. The van der Waals surface area contributed by atoms with Crippen molar-refractivity contribution in [3.63, 3.8) is 0 Å². The van der Waals surface area contributed by atoms with Crippen LogP contribution in [0.15, 0.2) is 77.9 Å². The fourth-order valence-electron chi connectivity index (χ4n) is 2.48. The molecule has 3 aromatic rings. The summed E-state index contributed by atoms with van der Waals surface area (Å²) in [5.74, 6) is -0.0137. The lowest BCUT2D eigenvalue weighted by Gasteiger charge is -2.05. The summed E-state index contributed by atoms with van der Waals surface area (Å²) in [7, 11) is 1.47. The van der Waals surface area contributed by atoms with Gasteiger partial charge in [-0.15, -0.1) is 0 Å². The maximum Gasteiger partial charge on any atom is 0.271 e. The first-order chi connectivity index (χ1) is 12.7. The summed E-state index contributed by atoms with van der Waals surface area (Å²) in [6.45, 7) is 0.